The molecular formula is C13H18ClFO. The highest BCUT2D eigenvalue weighted by atomic mass is 35.5. The Labute approximate surface area is 101 Å². The molecule has 0 amide bonds. The summed E-state index contributed by atoms with van der Waals surface area (Å²) in [6, 6.07) is 4.48. The van der Waals surface area contributed by atoms with Crippen LogP contribution in [0.15, 0.2) is 18.2 Å². The molecule has 0 aliphatic heterocycles. The van der Waals surface area contributed by atoms with E-state index in [1.165, 1.54) is 25.0 Å². The summed E-state index contributed by atoms with van der Waals surface area (Å²) in [5.41, 5.74) is 0.610. The van der Waals surface area contributed by atoms with Crippen molar-refractivity contribution in [1.82, 2.24) is 0 Å². The Morgan fingerprint density at radius 3 is 2.69 bits per heavy atom. The van der Waals surface area contributed by atoms with Crippen molar-refractivity contribution in [3.8, 4) is 0 Å². The van der Waals surface area contributed by atoms with Crippen LogP contribution in [-0.4, -0.2) is 5.11 Å². The van der Waals surface area contributed by atoms with E-state index in [-0.39, 0.29) is 5.02 Å². The summed E-state index contributed by atoms with van der Waals surface area (Å²) < 4.78 is 13.1. The van der Waals surface area contributed by atoms with Crippen LogP contribution in [0.3, 0.4) is 0 Å². The topological polar surface area (TPSA) is 20.2 Å². The molecular weight excluding hydrogens is 227 g/mol. The van der Waals surface area contributed by atoms with Crippen molar-refractivity contribution in [1.29, 1.82) is 0 Å². The van der Waals surface area contributed by atoms with Crippen LogP contribution in [0.2, 0.25) is 5.02 Å². The van der Waals surface area contributed by atoms with E-state index in [4.69, 9.17) is 11.6 Å². The highest BCUT2D eigenvalue weighted by Gasteiger charge is 2.09. The van der Waals surface area contributed by atoms with Crippen molar-refractivity contribution in [3.63, 3.8) is 0 Å². The molecule has 1 unspecified atom stereocenters. The lowest BCUT2D eigenvalue weighted by Gasteiger charge is -2.11. The summed E-state index contributed by atoms with van der Waals surface area (Å²) in [5, 5.41) is 9.92. The molecule has 1 aromatic carbocycles. The van der Waals surface area contributed by atoms with E-state index < -0.39 is 11.9 Å². The standard InChI is InChI=1S/C13H18ClFO/c1-2-3-4-5-6-13(16)10-7-8-11(14)12(15)9-10/h7-9,13,16H,2-6H2,1H3. The van der Waals surface area contributed by atoms with E-state index in [1.54, 1.807) is 6.07 Å². The fourth-order valence-electron chi connectivity index (χ4n) is 1.65. The lowest BCUT2D eigenvalue weighted by Crippen LogP contribution is -1.98. The van der Waals surface area contributed by atoms with Crippen LogP contribution in [0.5, 0.6) is 0 Å². The summed E-state index contributed by atoms with van der Waals surface area (Å²) >= 11 is 5.57. The predicted molar refractivity (Wildman–Crippen MR) is 65.1 cm³/mol. The monoisotopic (exact) mass is 244 g/mol. The third-order valence-electron chi connectivity index (χ3n) is 2.66. The zero-order valence-electron chi connectivity index (χ0n) is 9.55. The minimum atomic E-state index is -0.580. The summed E-state index contributed by atoms with van der Waals surface area (Å²) in [4.78, 5) is 0. The Morgan fingerprint density at radius 2 is 2.06 bits per heavy atom. The number of unbranched alkanes of at least 4 members (excludes halogenated alkanes) is 3. The molecule has 0 aliphatic rings. The van der Waals surface area contributed by atoms with Crippen LogP contribution in [0.1, 0.15) is 50.7 Å². The van der Waals surface area contributed by atoms with Crippen molar-refractivity contribution in [2.75, 3.05) is 0 Å². The van der Waals surface area contributed by atoms with Gasteiger partial charge in [0.25, 0.3) is 0 Å². The first-order valence-electron chi connectivity index (χ1n) is 5.78. The van der Waals surface area contributed by atoms with Gasteiger partial charge in [0, 0.05) is 0 Å². The van der Waals surface area contributed by atoms with E-state index in [2.05, 4.69) is 6.92 Å². The minimum Gasteiger partial charge on any atom is -0.388 e. The maximum atomic E-state index is 13.1. The fourth-order valence-corrected chi connectivity index (χ4v) is 1.77. The SMILES string of the molecule is CCCCCCC(O)c1ccc(Cl)c(F)c1. The van der Waals surface area contributed by atoms with Crippen molar-refractivity contribution >= 4 is 11.6 Å². The molecule has 1 atom stereocenters. The number of hydrogen-bond acceptors (Lipinski definition) is 1. The van der Waals surface area contributed by atoms with E-state index in [0.717, 1.165) is 12.8 Å². The van der Waals surface area contributed by atoms with E-state index in [0.29, 0.717) is 12.0 Å². The van der Waals surface area contributed by atoms with Gasteiger partial charge in [-0.3, -0.25) is 0 Å². The third-order valence-corrected chi connectivity index (χ3v) is 2.97. The van der Waals surface area contributed by atoms with Crippen LogP contribution in [0.25, 0.3) is 0 Å². The molecule has 1 rings (SSSR count). The zero-order valence-corrected chi connectivity index (χ0v) is 10.3. The predicted octanol–water partition coefficient (Wildman–Crippen LogP) is 4.48. The van der Waals surface area contributed by atoms with Gasteiger partial charge in [-0.15, -0.1) is 0 Å². The smallest absolute Gasteiger partial charge is 0.142 e. The number of halogens is 2. The molecule has 16 heavy (non-hydrogen) atoms. The lowest BCUT2D eigenvalue weighted by atomic mass is 10.0. The normalized spacial score (nSPS) is 12.8. The molecule has 0 aromatic heterocycles. The van der Waals surface area contributed by atoms with Gasteiger partial charge in [-0.2, -0.15) is 0 Å². The Bertz CT molecular complexity index is 328. The van der Waals surface area contributed by atoms with Gasteiger partial charge in [0.15, 0.2) is 0 Å². The second-order valence-electron chi connectivity index (χ2n) is 4.04. The summed E-state index contributed by atoms with van der Waals surface area (Å²) in [7, 11) is 0. The van der Waals surface area contributed by atoms with Crippen molar-refractivity contribution in [3.05, 3.63) is 34.6 Å². The molecule has 90 valence electrons. The molecule has 1 N–H and O–H groups in total. The average molecular weight is 245 g/mol. The molecule has 3 heteroatoms. The second kappa shape index (κ2) is 6.87. The van der Waals surface area contributed by atoms with Gasteiger partial charge in [-0.25, -0.2) is 4.39 Å². The van der Waals surface area contributed by atoms with Gasteiger partial charge in [0.2, 0.25) is 0 Å². The molecule has 1 nitrogen and oxygen atoms in total. The van der Waals surface area contributed by atoms with E-state index in [9.17, 15) is 9.50 Å². The summed E-state index contributed by atoms with van der Waals surface area (Å²) in [6.45, 7) is 2.14. The molecule has 0 radical (unpaired) electrons. The molecule has 0 bridgehead atoms. The van der Waals surface area contributed by atoms with Gasteiger partial charge in [0.1, 0.15) is 5.82 Å². The Kier molecular flexibility index (Phi) is 5.78. The largest absolute Gasteiger partial charge is 0.388 e. The lowest BCUT2D eigenvalue weighted by molar-refractivity contribution is 0.163. The average Bonchev–Trinajstić information content (AvgIpc) is 2.28. The highest BCUT2D eigenvalue weighted by Crippen LogP contribution is 2.23. The molecule has 0 saturated carbocycles. The number of rotatable bonds is 6. The maximum Gasteiger partial charge on any atom is 0.142 e. The van der Waals surface area contributed by atoms with E-state index >= 15 is 0 Å². The molecule has 0 aliphatic carbocycles. The molecule has 0 saturated heterocycles. The summed E-state index contributed by atoms with van der Waals surface area (Å²) in [6.07, 6.45) is 4.54. The van der Waals surface area contributed by atoms with Crippen molar-refractivity contribution < 1.29 is 9.50 Å². The van der Waals surface area contributed by atoms with Gasteiger partial charge in [-0.05, 0) is 24.1 Å². The quantitative estimate of drug-likeness (QED) is 0.732. The van der Waals surface area contributed by atoms with Gasteiger partial charge >= 0.3 is 0 Å². The Balaban J connectivity index is 2.46. The van der Waals surface area contributed by atoms with Gasteiger partial charge in [-0.1, -0.05) is 50.3 Å². The molecule has 0 fully saturated rings. The number of benzene rings is 1. The minimum absolute atomic E-state index is 0.0990. The first kappa shape index (κ1) is 13.5. The van der Waals surface area contributed by atoms with Gasteiger partial charge in [0.05, 0.1) is 11.1 Å². The van der Waals surface area contributed by atoms with Crippen LogP contribution in [0.4, 0.5) is 4.39 Å². The zero-order chi connectivity index (χ0) is 12.0. The highest BCUT2D eigenvalue weighted by molar-refractivity contribution is 6.30. The van der Waals surface area contributed by atoms with Gasteiger partial charge < -0.3 is 5.11 Å². The van der Waals surface area contributed by atoms with Crippen LogP contribution >= 0.6 is 11.6 Å². The molecule has 0 spiro atoms. The van der Waals surface area contributed by atoms with Crippen molar-refractivity contribution in [2.24, 2.45) is 0 Å². The van der Waals surface area contributed by atoms with Crippen molar-refractivity contribution in [2.45, 2.75) is 45.1 Å². The van der Waals surface area contributed by atoms with Crippen LogP contribution in [-0.2, 0) is 0 Å². The maximum absolute atomic E-state index is 13.1. The number of hydrogen-bond donors (Lipinski definition) is 1. The fraction of sp³-hybridized carbons (Fsp3) is 0.538. The van der Waals surface area contributed by atoms with Crippen LogP contribution in [0, 0.1) is 5.82 Å². The Morgan fingerprint density at radius 1 is 1.31 bits per heavy atom. The summed E-state index contributed by atoms with van der Waals surface area (Å²) in [5.74, 6) is -0.466. The number of aliphatic hydroxyl groups excluding tert-OH is 1. The molecule has 0 heterocycles. The first-order chi connectivity index (χ1) is 7.65. The first-order valence-corrected chi connectivity index (χ1v) is 6.16. The Hall–Kier alpha value is -0.600. The third kappa shape index (κ3) is 4.11. The van der Waals surface area contributed by atoms with Crippen LogP contribution < -0.4 is 0 Å². The molecule has 1 aromatic rings. The number of aliphatic hydroxyl groups is 1. The second-order valence-corrected chi connectivity index (χ2v) is 4.45. The van der Waals surface area contributed by atoms with E-state index in [1.807, 2.05) is 0 Å².